The molecule has 28 heavy (non-hydrogen) atoms. The number of non-ortho nitro benzene ring substituents is 1. The highest BCUT2D eigenvalue weighted by Crippen LogP contribution is 2.38. The van der Waals surface area contributed by atoms with Gasteiger partial charge in [0.25, 0.3) is 17.5 Å². The third-order valence-corrected chi connectivity index (χ3v) is 4.14. The molecule has 0 atom stereocenters. The van der Waals surface area contributed by atoms with Gasteiger partial charge in [-0.25, -0.2) is 0 Å². The maximum atomic E-state index is 13.1. The molecule has 2 amide bonds. The molecule has 0 aromatic heterocycles. The SMILES string of the molecule is O=C1c2ccccc2C(=O)N1CCCOc1ccc([N+](=O)[O-])cc1C(F)(F)F. The van der Waals surface area contributed by atoms with Crippen molar-refractivity contribution in [1.29, 1.82) is 0 Å². The van der Waals surface area contributed by atoms with E-state index in [-0.39, 0.29) is 30.7 Å². The first-order chi connectivity index (χ1) is 13.2. The van der Waals surface area contributed by atoms with E-state index in [9.17, 15) is 32.9 Å². The molecule has 0 spiro atoms. The summed E-state index contributed by atoms with van der Waals surface area (Å²) in [5.74, 6) is -1.49. The van der Waals surface area contributed by atoms with Crippen LogP contribution in [0, 0.1) is 10.1 Å². The maximum Gasteiger partial charge on any atom is 0.420 e. The molecule has 0 saturated heterocycles. The number of halogens is 3. The standard InChI is InChI=1S/C18H13F3N2O5/c19-18(20,21)14-10-11(23(26)27)6-7-15(14)28-9-3-8-22-16(24)12-4-1-2-5-13(12)17(22)25/h1-2,4-7,10H,3,8-9H2. The number of benzene rings is 2. The Morgan fingerprint density at radius 1 is 1.04 bits per heavy atom. The third-order valence-electron chi connectivity index (χ3n) is 4.14. The number of rotatable bonds is 6. The van der Waals surface area contributed by atoms with E-state index in [1.807, 2.05) is 0 Å². The maximum absolute atomic E-state index is 13.1. The summed E-state index contributed by atoms with van der Waals surface area (Å²) < 4.78 is 44.4. The van der Waals surface area contributed by atoms with Crippen LogP contribution in [0.25, 0.3) is 0 Å². The lowest BCUT2D eigenvalue weighted by Crippen LogP contribution is -2.31. The summed E-state index contributed by atoms with van der Waals surface area (Å²) in [5, 5.41) is 10.7. The molecule has 7 nitrogen and oxygen atoms in total. The van der Waals surface area contributed by atoms with Crippen molar-refractivity contribution in [3.63, 3.8) is 0 Å². The lowest BCUT2D eigenvalue weighted by atomic mass is 10.1. The molecule has 0 bridgehead atoms. The number of amides is 2. The summed E-state index contributed by atoms with van der Waals surface area (Å²) in [6.07, 6.45) is -4.73. The van der Waals surface area contributed by atoms with Gasteiger partial charge in [0.05, 0.1) is 22.7 Å². The van der Waals surface area contributed by atoms with Crippen LogP contribution in [0.15, 0.2) is 42.5 Å². The van der Waals surface area contributed by atoms with E-state index >= 15 is 0 Å². The van der Waals surface area contributed by atoms with Gasteiger partial charge in [-0.1, -0.05) is 12.1 Å². The fourth-order valence-electron chi connectivity index (χ4n) is 2.83. The van der Waals surface area contributed by atoms with Crippen molar-refractivity contribution in [3.8, 4) is 5.75 Å². The van der Waals surface area contributed by atoms with E-state index in [4.69, 9.17) is 4.74 Å². The molecule has 1 aliphatic rings. The molecule has 2 aromatic carbocycles. The van der Waals surface area contributed by atoms with Gasteiger partial charge >= 0.3 is 6.18 Å². The van der Waals surface area contributed by atoms with Crippen molar-refractivity contribution in [2.45, 2.75) is 12.6 Å². The molecule has 1 aliphatic heterocycles. The number of nitro groups is 1. The minimum absolute atomic E-state index is 0.0271. The number of alkyl halides is 3. The van der Waals surface area contributed by atoms with Crippen LogP contribution in [-0.2, 0) is 6.18 Å². The Morgan fingerprint density at radius 2 is 1.64 bits per heavy atom. The van der Waals surface area contributed by atoms with Crippen molar-refractivity contribution in [1.82, 2.24) is 4.90 Å². The summed E-state index contributed by atoms with van der Waals surface area (Å²) in [5.41, 5.74) is -1.40. The molecule has 0 saturated carbocycles. The van der Waals surface area contributed by atoms with Crippen LogP contribution in [-0.4, -0.2) is 34.8 Å². The fraction of sp³-hybridized carbons (Fsp3) is 0.222. The topological polar surface area (TPSA) is 89.8 Å². The summed E-state index contributed by atoms with van der Waals surface area (Å²) in [7, 11) is 0. The molecule has 2 aromatic rings. The number of carbonyl (C=O) groups is 2. The normalized spacial score (nSPS) is 13.6. The number of hydrogen-bond donors (Lipinski definition) is 0. The number of nitro benzene ring substituents is 1. The molecule has 0 radical (unpaired) electrons. The first-order valence-corrected chi connectivity index (χ1v) is 8.14. The zero-order valence-corrected chi connectivity index (χ0v) is 14.2. The molecule has 0 N–H and O–H groups in total. The second-order valence-electron chi connectivity index (χ2n) is 5.94. The molecule has 0 unspecified atom stereocenters. The number of ether oxygens (including phenoxy) is 1. The highest BCUT2D eigenvalue weighted by Gasteiger charge is 2.37. The second kappa shape index (κ2) is 7.29. The van der Waals surface area contributed by atoms with Crippen molar-refractivity contribution < 1.29 is 32.4 Å². The highest BCUT2D eigenvalue weighted by atomic mass is 19.4. The van der Waals surface area contributed by atoms with Crippen molar-refractivity contribution >= 4 is 17.5 Å². The third kappa shape index (κ3) is 3.66. The van der Waals surface area contributed by atoms with Crippen molar-refractivity contribution in [3.05, 3.63) is 69.3 Å². The summed E-state index contributed by atoms with van der Waals surface area (Å²) in [6.45, 7) is -0.241. The first kappa shape index (κ1) is 19.3. The Hall–Kier alpha value is -3.43. The average molecular weight is 394 g/mol. The zero-order chi connectivity index (χ0) is 20.5. The number of fused-ring (bicyclic) bond motifs is 1. The van der Waals surface area contributed by atoms with Gasteiger partial charge in [-0.15, -0.1) is 0 Å². The molecule has 1 heterocycles. The van der Waals surface area contributed by atoms with Crippen LogP contribution in [0.5, 0.6) is 5.75 Å². The molecular formula is C18H13F3N2O5. The fourth-order valence-corrected chi connectivity index (χ4v) is 2.83. The molecule has 10 heteroatoms. The zero-order valence-electron chi connectivity index (χ0n) is 14.2. The Morgan fingerprint density at radius 3 is 2.18 bits per heavy atom. The minimum atomic E-state index is -4.83. The lowest BCUT2D eigenvalue weighted by molar-refractivity contribution is -0.385. The molecule has 0 fully saturated rings. The second-order valence-corrected chi connectivity index (χ2v) is 5.94. The van der Waals surface area contributed by atoms with E-state index in [1.54, 1.807) is 12.1 Å². The number of nitrogens with zero attached hydrogens (tertiary/aromatic N) is 2. The molecular weight excluding hydrogens is 381 g/mol. The molecule has 3 rings (SSSR count). The van der Waals surface area contributed by atoms with E-state index in [1.165, 1.54) is 12.1 Å². The van der Waals surface area contributed by atoms with Gasteiger partial charge in [0.15, 0.2) is 0 Å². The summed E-state index contributed by atoms with van der Waals surface area (Å²) >= 11 is 0. The summed E-state index contributed by atoms with van der Waals surface area (Å²) in [4.78, 5) is 35.2. The van der Waals surface area contributed by atoms with Crippen LogP contribution in [0.2, 0.25) is 0 Å². The smallest absolute Gasteiger partial charge is 0.420 e. The summed E-state index contributed by atoms with van der Waals surface area (Å²) in [6, 6.07) is 8.50. The van der Waals surface area contributed by atoms with Crippen molar-refractivity contribution in [2.75, 3.05) is 13.2 Å². The largest absolute Gasteiger partial charge is 0.493 e. The van der Waals surface area contributed by atoms with Crippen LogP contribution >= 0.6 is 0 Å². The van der Waals surface area contributed by atoms with E-state index in [2.05, 4.69) is 0 Å². The Bertz CT molecular complexity index is 923. The Kier molecular flexibility index (Phi) is 5.04. The minimum Gasteiger partial charge on any atom is -0.493 e. The molecule has 146 valence electrons. The predicted molar refractivity (Wildman–Crippen MR) is 90.0 cm³/mol. The van der Waals surface area contributed by atoms with Gasteiger partial charge < -0.3 is 4.74 Å². The number of imide groups is 1. The van der Waals surface area contributed by atoms with Gasteiger partial charge in [-0.05, 0) is 24.6 Å². The quantitative estimate of drug-likeness (QED) is 0.323. The highest BCUT2D eigenvalue weighted by molar-refractivity contribution is 6.21. The first-order valence-electron chi connectivity index (χ1n) is 8.14. The van der Waals surface area contributed by atoms with Gasteiger partial charge in [-0.3, -0.25) is 24.6 Å². The Balaban J connectivity index is 1.64. The van der Waals surface area contributed by atoms with Crippen molar-refractivity contribution in [2.24, 2.45) is 0 Å². The van der Waals surface area contributed by atoms with Gasteiger partial charge in [0.1, 0.15) is 11.3 Å². The number of carbonyl (C=O) groups excluding carboxylic acids is 2. The Labute approximate surface area is 156 Å². The van der Waals surface area contributed by atoms with Gasteiger partial charge in [-0.2, -0.15) is 13.2 Å². The van der Waals surface area contributed by atoms with E-state index in [0.29, 0.717) is 6.07 Å². The lowest BCUT2D eigenvalue weighted by Gasteiger charge is -2.16. The van der Waals surface area contributed by atoms with Crippen LogP contribution in [0.3, 0.4) is 0 Å². The van der Waals surface area contributed by atoms with Crippen LogP contribution in [0.4, 0.5) is 18.9 Å². The molecule has 0 aliphatic carbocycles. The number of hydrogen-bond acceptors (Lipinski definition) is 5. The average Bonchev–Trinajstić information content (AvgIpc) is 2.89. The van der Waals surface area contributed by atoms with Crippen LogP contribution < -0.4 is 4.74 Å². The van der Waals surface area contributed by atoms with Crippen LogP contribution in [0.1, 0.15) is 32.7 Å². The van der Waals surface area contributed by atoms with E-state index in [0.717, 1.165) is 17.0 Å². The predicted octanol–water partition coefficient (Wildman–Crippen LogP) is 3.68. The van der Waals surface area contributed by atoms with Gasteiger partial charge in [0, 0.05) is 18.7 Å². The monoisotopic (exact) mass is 394 g/mol. The van der Waals surface area contributed by atoms with E-state index < -0.39 is 39.9 Å². The van der Waals surface area contributed by atoms with Gasteiger partial charge in [0.2, 0.25) is 0 Å².